The number of carbonyl (C=O) groups is 1. The monoisotopic (exact) mass is 123 g/mol. The highest BCUT2D eigenvalue weighted by atomic mass is 16.1. The fourth-order valence-corrected chi connectivity index (χ4v) is 0.413. The molecule has 48 valence electrons. The zero-order valence-corrected chi connectivity index (χ0v) is 5.42. The summed E-state index contributed by atoms with van der Waals surface area (Å²) in [5.74, 6) is 0. The Kier molecular flexibility index (Phi) is 4.43. The van der Waals surface area contributed by atoms with Gasteiger partial charge in [-0.3, -0.25) is 4.79 Å². The van der Waals surface area contributed by atoms with E-state index in [1.807, 2.05) is 6.07 Å². The van der Waals surface area contributed by atoms with E-state index < -0.39 is 0 Å². The molecule has 0 aliphatic rings. The first-order valence-corrected chi connectivity index (χ1v) is 2.80. The Morgan fingerprint density at radius 2 is 2.44 bits per heavy atom. The van der Waals surface area contributed by atoms with Gasteiger partial charge in [-0.25, -0.2) is 0 Å². The van der Waals surface area contributed by atoms with Gasteiger partial charge in [-0.1, -0.05) is 6.08 Å². The van der Waals surface area contributed by atoms with E-state index >= 15 is 0 Å². The van der Waals surface area contributed by atoms with E-state index in [1.54, 1.807) is 13.0 Å². The SMILES string of the molecule is CC(C=O)=CCCC#N. The molecule has 2 nitrogen and oxygen atoms in total. The molecule has 0 heterocycles. The molecule has 0 aromatic heterocycles. The summed E-state index contributed by atoms with van der Waals surface area (Å²) in [7, 11) is 0. The number of nitrogens with zero attached hydrogens (tertiary/aromatic N) is 1. The topological polar surface area (TPSA) is 40.9 Å². The van der Waals surface area contributed by atoms with Crippen LogP contribution in [-0.4, -0.2) is 6.29 Å². The Labute approximate surface area is 54.8 Å². The third-order valence-corrected chi connectivity index (χ3v) is 0.908. The predicted octanol–water partition coefficient (Wildman–Crippen LogP) is 1.44. The van der Waals surface area contributed by atoms with E-state index in [1.165, 1.54) is 0 Å². The van der Waals surface area contributed by atoms with Crippen molar-refractivity contribution < 1.29 is 4.79 Å². The van der Waals surface area contributed by atoms with Crippen molar-refractivity contribution in [2.75, 3.05) is 0 Å². The standard InChI is InChI=1S/C7H9NO/c1-7(6-9)4-2-3-5-8/h4,6H,2-3H2,1H3. The van der Waals surface area contributed by atoms with Crippen LogP contribution in [-0.2, 0) is 4.79 Å². The maximum absolute atomic E-state index is 9.95. The molecule has 0 saturated heterocycles. The average Bonchev–Trinajstić information content (AvgIpc) is 1.89. The molecule has 0 radical (unpaired) electrons. The fourth-order valence-electron chi connectivity index (χ4n) is 0.413. The van der Waals surface area contributed by atoms with E-state index in [-0.39, 0.29) is 0 Å². The van der Waals surface area contributed by atoms with Crippen molar-refractivity contribution in [1.29, 1.82) is 5.26 Å². The van der Waals surface area contributed by atoms with E-state index in [0.29, 0.717) is 18.4 Å². The maximum atomic E-state index is 9.95. The molecule has 0 atom stereocenters. The smallest absolute Gasteiger partial charge is 0.145 e. The van der Waals surface area contributed by atoms with Crippen LogP contribution < -0.4 is 0 Å². The molecule has 0 saturated carbocycles. The van der Waals surface area contributed by atoms with Crippen molar-refractivity contribution in [3.8, 4) is 6.07 Å². The van der Waals surface area contributed by atoms with Crippen LogP contribution in [0.25, 0.3) is 0 Å². The van der Waals surface area contributed by atoms with Crippen LogP contribution in [0.4, 0.5) is 0 Å². The number of hydrogen-bond acceptors (Lipinski definition) is 2. The van der Waals surface area contributed by atoms with Gasteiger partial charge in [0.2, 0.25) is 0 Å². The quantitative estimate of drug-likeness (QED) is 0.323. The minimum atomic E-state index is 0.491. The lowest BCUT2D eigenvalue weighted by molar-refractivity contribution is -0.104. The molecule has 0 fully saturated rings. The molecule has 0 aliphatic carbocycles. The van der Waals surface area contributed by atoms with Crippen molar-refractivity contribution in [2.24, 2.45) is 0 Å². The van der Waals surface area contributed by atoms with Crippen LogP contribution in [0, 0.1) is 11.3 Å². The number of carbonyl (C=O) groups excluding carboxylic acids is 1. The summed E-state index contributed by atoms with van der Waals surface area (Å²) in [6.45, 7) is 1.73. The molecular weight excluding hydrogens is 114 g/mol. The van der Waals surface area contributed by atoms with Crippen LogP contribution in [0.15, 0.2) is 11.6 Å². The number of nitriles is 1. The molecular formula is C7H9NO. The molecule has 0 N–H and O–H groups in total. The van der Waals surface area contributed by atoms with Crippen molar-refractivity contribution in [3.63, 3.8) is 0 Å². The van der Waals surface area contributed by atoms with Gasteiger partial charge in [0, 0.05) is 6.42 Å². The van der Waals surface area contributed by atoms with Crippen LogP contribution in [0.5, 0.6) is 0 Å². The summed E-state index contributed by atoms with van der Waals surface area (Å²) in [5, 5.41) is 8.08. The first kappa shape index (κ1) is 7.90. The minimum Gasteiger partial charge on any atom is -0.298 e. The maximum Gasteiger partial charge on any atom is 0.145 e. The van der Waals surface area contributed by atoms with Gasteiger partial charge in [0.05, 0.1) is 6.07 Å². The molecule has 0 rings (SSSR count). The second-order valence-electron chi connectivity index (χ2n) is 1.76. The van der Waals surface area contributed by atoms with Gasteiger partial charge in [0.1, 0.15) is 6.29 Å². The Bertz CT molecular complexity index is 153. The Morgan fingerprint density at radius 1 is 1.78 bits per heavy atom. The number of allylic oxidation sites excluding steroid dienone is 2. The third kappa shape index (κ3) is 4.76. The molecule has 0 amide bonds. The molecule has 0 aliphatic heterocycles. The van der Waals surface area contributed by atoms with Gasteiger partial charge in [-0.2, -0.15) is 5.26 Å². The van der Waals surface area contributed by atoms with Gasteiger partial charge in [-0.15, -0.1) is 0 Å². The first-order chi connectivity index (χ1) is 4.31. The van der Waals surface area contributed by atoms with E-state index in [4.69, 9.17) is 5.26 Å². The summed E-state index contributed by atoms with van der Waals surface area (Å²) < 4.78 is 0. The van der Waals surface area contributed by atoms with Gasteiger partial charge < -0.3 is 0 Å². The summed E-state index contributed by atoms with van der Waals surface area (Å²) in [4.78, 5) is 9.95. The molecule has 0 bridgehead atoms. The lowest BCUT2D eigenvalue weighted by atomic mass is 10.2. The first-order valence-electron chi connectivity index (χ1n) is 2.80. The minimum absolute atomic E-state index is 0.491. The highest BCUT2D eigenvalue weighted by Gasteiger charge is 1.82. The van der Waals surface area contributed by atoms with Crippen molar-refractivity contribution in [1.82, 2.24) is 0 Å². The summed E-state index contributed by atoms with van der Waals surface area (Å²) >= 11 is 0. The number of hydrogen-bond donors (Lipinski definition) is 0. The molecule has 0 aromatic carbocycles. The average molecular weight is 123 g/mol. The van der Waals surface area contributed by atoms with Gasteiger partial charge in [0.25, 0.3) is 0 Å². The summed E-state index contributed by atoms with van der Waals surface area (Å²) in [5.41, 5.74) is 0.699. The predicted molar refractivity (Wildman–Crippen MR) is 34.7 cm³/mol. The Balaban J connectivity index is 3.46. The van der Waals surface area contributed by atoms with Gasteiger partial charge in [-0.05, 0) is 18.9 Å². The largest absolute Gasteiger partial charge is 0.298 e. The van der Waals surface area contributed by atoms with Crippen LogP contribution in [0.2, 0.25) is 0 Å². The second kappa shape index (κ2) is 5.04. The fraction of sp³-hybridized carbons (Fsp3) is 0.429. The Hall–Kier alpha value is -1.10. The van der Waals surface area contributed by atoms with Gasteiger partial charge in [0.15, 0.2) is 0 Å². The molecule has 0 unspecified atom stereocenters. The van der Waals surface area contributed by atoms with Crippen LogP contribution in [0.3, 0.4) is 0 Å². The zero-order chi connectivity index (χ0) is 7.11. The highest BCUT2D eigenvalue weighted by Crippen LogP contribution is 1.93. The number of unbranched alkanes of at least 4 members (excludes halogenated alkanes) is 1. The lowest BCUT2D eigenvalue weighted by Gasteiger charge is -1.83. The van der Waals surface area contributed by atoms with E-state index in [2.05, 4.69) is 0 Å². The molecule has 0 aromatic rings. The van der Waals surface area contributed by atoms with Crippen molar-refractivity contribution >= 4 is 6.29 Å². The van der Waals surface area contributed by atoms with Crippen LogP contribution >= 0.6 is 0 Å². The van der Waals surface area contributed by atoms with E-state index in [0.717, 1.165) is 6.29 Å². The van der Waals surface area contributed by atoms with Gasteiger partial charge >= 0.3 is 0 Å². The zero-order valence-electron chi connectivity index (χ0n) is 5.42. The van der Waals surface area contributed by atoms with Crippen LogP contribution in [0.1, 0.15) is 19.8 Å². The molecule has 0 spiro atoms. The third-order valence-electron chi connectivity index (χ3n) is 0.908. The normalized spacial score (nSPS) is 10.4. The van der Waals surface area contributed by atoms with Crippen molar-refractivity contribution in [3.05, 3.63) is 11.6 Å². The molecule has 2 heteroatoms. The number of aldehydes is 1. The van der Waals surface area contributed by atoms with Crippen molar-refractivity contribution in [2.45, 2.75) is 19.8 Å². The molecule has 9 heavy (non-hydrogen) atoms. The summed E-state index contributed by atoms with van der Waals surface area (Å²) in [6, 6.07) is 1.99. The second-order valence-corrected chi connectivity index (χ2v) is 1.76. The number of rotatable bonds is 3. The Morgan fingerprint density at radius 3 is 2.89 bits per heavy atom. The highest BCUT2D eigenvalue weighted by molar-refractivity contribution is 5.71. The lowest BCUT2D eigenvalue weighted by Crippen LogP contribution is -1.75. The van der Waals surface area contributed by atoms with E-state index in [9.17, 15) is 4.79 Å². The summed E-state index contributed by atoms with van der Waals surface area (Å²) in [6.07, 6.45) is 3.72.